The maximum atomic E-state index is 10.9. The number of nitro groups is 1. The average molecular weight is 366 g/mol. The van der Waals surface area contributed by atoms with Gasteiger partial charge in [-0.1, -0.05) is 35.9 Å². The van der Waals surface area contributed by atoms with Gasteiger partial charge in [-0.2, -0.15) is 0 Å². The molecule has 0 atom stereocenters. The molecule has 2 aromatic carbocycles. The first-order chi connectivity index (χ1) is 12.6. The summed E-state index contributed by atoms with van der Waals surface area (Å²) in [6.07, 6.45) is 3.35. The van der Waals surface area contributed by atoms with Crippen LogP contribution in [0.4, 0.5) is 17.3 Å². The third-order valence-corrected chi connectivity index (χ3v) is 4.18. The molecule has 4 rings (SSSR count). The molecule has 0 saturated carbocycles. The lowest BCUT2D eigenvalue weighted by Crippen LogP contribution is -1.99. The predicted octanol–water partition coefficient (Wildman–Crippen LogP) is 4.93. The van der Waals surface area contributed by atoms with Crippen molar-refractivity contribution in [3.8, 4) is 11.3 Å². The van der Waals surface area contributed by atoms with Gasteiger partial charge in [0.05, 0.1) is 21.8 Å². The number of aromatic nitrogens is 3. The normalized spacial score (nSPS) is 10.8. The molecule has 0 radical (unpaired) electrons. The van der Waals surface area contributed by atoms with E-state index in [1.807, 2.05) is 30.5 Å². The summed E-state index contributed by atoms with van der Waals surface area (Å²) in [4.78, 5) is 22.3. The number of para-hydroxylation sites is 1. The Hall–Kier alpha value is -3.45. The molecular formula is C18H12ClN5O2. The number of aromatic amines is 1. The first kappa shape index (κ1) is 16.0. The molecule has 0 fully saturated rings. The van der Waals surface area contributed by atoms with Gasteiger partial charge in [0.15, 0.2) is 0 Å². The maximum Gasteiger partial charge on any atom is 0.271 e. The van der Waals surface area contributed by atoms with E-state index in [1.54, 1.807) is 12.1 Å². The van der Waals surface area contributed by atoms with Crippen molar-refractivity contribution < 1.29 is 4.92 Å². The minimum atomic E-state index is -0.453. The number of nitro benzene ring substituents is 1. The van der Waals surface area contributed by atoms with Gasteiger partial charge in [0, 0.05) is 40.5 Å². The van der Waals surface area contributed by atoms with Crippen LogP contribution in [0.3, 0.4) is 0 Å². The second kappa shape index (κ2) is 6.45. The first-order valence-electron chi connectivity index (χ1n) is 7.72. The lowest BCUT2D eigenvalue weighted by Gasteiger charge is -2.08. The van der Waals surface area contributed by atoms with E-state index in [9.17, 15) is 10.1 Å². The number of non-ortho nitro benzene ring substituents is 1. The number of hydrogen-bond acceptors (Lipinski definition) is 5. The monoisotopic (exact) mass is 365 g/mol. The molecule has 0 unspecified atom stereocenters. The molecule has 0 spiro atoms. The zero-order valence-corrected chi connectivity index (χ0v) is 14.1. The number of hydrogen-bond donors (Lipinski definition) is 2. The van der Waals surface area contributed by atoms with E-state index in [0.29, 0.717) is 22.4 Å². The van der Waals surface area contributed by atoms with Crippen molar-refractivity contribution in [1.29, 1.82) is 0 Å². The number of rotatable bonds is 4. The number of benzene rings is 2. The summed E-state index contributed by atoms with van der Waals surface area (Å²) in [6, 6.07) is 14.0. The molecule has 2 heterocycles. The van der Waals surface area contributed by atoms with Gasteiger partial charge in [0.25, 0.3) is 5.69 Å². The number of anilines is 2. The topological polar surface area (TPSA) is 96.7 Å². The van der Waals surface area contributed by atoms with Gasteiger partial charge in [-0.15, -0.1) is 0 Å². The van der Waals surface area contributed by atoms with Crippen LogP contribution in [-0.2, 0) is 0 Å². The van der Waals surface area contributed by atoms with Crippen molar-refractivity contribution in [1.82, 2.24) is 15.0 Å². The number of nitrogens with one attached hydrogen (secondary N) is 2. The van der Waals surface area contributed by atoms with Crippen LogP contribution >= 0.6 is 11.6 Å². The highest BCUT2D eigenvalue weighted by molar-refractivity contribution is 6.33. The summed E-state index contributed by atoms with van der Waals surface area (Å²) in [7, 11) is 0. The van der Waals surface area contributed by atoms with Crippen LogP contribution < -0.4 is 5.32 Å². The Morgan fingerprint density at radius 2 is 2.00 bits per heavy atom. The lowest BCUT2D eigenvalue weighted by atomic mass is 10.1. The van der Waals surface area contributed by atoms with Gasteiger partial charge in [0.2, 0.25) is 5.95 Å². The Labute approximate surface area is 152 Å². The van der Waals surface area contributed by atoms with Gasteiger partial charge in [-0.3, -0.25) is 10.1 Å². The zero-order valence-electron chi connectivity index (χ0n) is 13.3. The Bertz CT molecular complexity index is 1130. The smallest absolute Gasteiger partial charge is 0.271 e. The molecule has 0 saturated heterocycles. The second-order valence-electron chi connectivity index (χ2n) is 5.57. The minimum Gasteiger partial charge on any atom is -0.360 e. The largest absolute Gasteiger partial charge is 0.360 e. The third kappa shape index (κ3) is 2.96. The van der Waals surface area contributed by atoms with Crippen LogP contribution in [0.5, 0.6) is 0 Å². The molecule has 0 amide bonds. The highest BCUT2D eigenvalue weighted by atomic mass is 35.5. The van der Waals surface area contributed by atoms with Gasteiger partial charge in [0.1, 0.15) is 0 Å². The van der Waals surface area contributed by atoms with Gasteiger partial charge < -0.3 is 10.3 Å². The molecule has 7 nitrogen and oxygen atoms in total. The molecule has 8 heteroatoms. The minimum absolute atomic E-state index is 0.0131. The van der Waals surface area contributed by atoms with E-state index in [-0.39, 0.29) is 5.69 Å². The molecule has 26 heavy (non-hydrogen) atoms. The van der Waals surface area contributed by atoms with Crippen molar-refractivity contribution >= 4 is 39.8 Å². The highest BCUT2D eigenvalue weighted by Gasteiger charge is 2.13. The fourth-order valence-electron chi connectivity index (χ4n) is 2.71. The summed E-state index contributed by atoms with van der Waals surface area (Å²) in [5.74, 6) is 0.301. The lowest BCUT2D eigenvalue weighted by molar-refractivity contribution is -0.384. The molecule has 2 N–H and O–H groups in total. The first-order valence-corrected chi connectivity index (χ1v) is 8.10. The molecule has 0 bridgehead atoms. The molecule has 128 valence electrons. The Morgan fingerprint density at radius 3 is 2.85 bits per heavy atom. The van der Waals surface area contributed by atoms with E-state index in [1.165, 1.54) is 18.3 Å². The van der Waals surface area contributed by atoms with Crippen molar-refractivity contribution in [2.75, 3.05) is 5.32 Å². The van der Waals surface area contributed by atoms with E-state index >= 15 is 0 Å². The number of fused-ring (bicyclic) bond motifs is 1. The van der Waals surface area contributed by atoms with E-state index in [2.05, 4.69) is 20.3 Å². The molecule has 0 aliphatic heterocycles. The highest BCUT2D eigenvalue weighted by Crippen LogP contribution is 2.32. The SMILES string of the molecule is O=[N+]([O-])c1cccc(Nc2ncc(Cl)c(-c3c[nH]c4ccccc34)n2)c1. The van der Waals surface area contributed by atoms with Crippen LogP contribution in [-0.4, -0.2) is 19.9 Å². The van der Waals surface area contributed by atoms with Crippen LogP contribution in [0, 0.1) is 10.1 Å². The molecular weight excluding hydrogens is 354 g/mol. The van der Waals surface area contributed by atoms with Crippen LogP contribution in [0.2, 0.25) is 5.02 Å². The fraction of sp³-hybridized carbons (Fsp3) is 0. The van der Waals surface area contributed by atoms with E-state index in [0.717, 1.165) is 16.5 Å². The average Bonchev–Trinajstić information content (AvgIpc) is 3.07. The summed E-state index contributed by atoms with van der Waals surface area (Å²) in [5, 5.41) is 15.3. The van der Waals surface area contributed by atoms with Crippen LogP contribution in [0.1, 0.15) is 0 Å². The Balaban J connectivity index is 1.73. The molecule has 2 aromatic heterocycles. The third-order valence-electron chi connectivity index (χ3n) is 3.90. The van der Waals surface area contributed by atoms with E-state index < -0.39 is 4.92 Å². The van der Waals surface area contributed by atoms with Crippen molar-refractivity contribution in [2.24, 2.45) is 0 Å². The summed E-state index contributed by atoms with van der Waals surface area (Å²) >= 11 is 6.30. The molecule has 0 aliphatic rings. The summed E-state index contributed by atoms with van der Waals surface area (Å²) in [5.41, 5.74) is 2.92. The van der Waals surface area contributed by atoms with Crippen LogP contribution in [0.25, 0.3) is 22.2 Å². The van der Waals surface area contributed by atoms with Crippen LogP contribution in [0.15, 0.2) is 60.9 Å². The van der Waals surface area contributed by atoms with Gasteiger partial charge >= 0.3 is 0 Å². The molecule has 4 aromatic rings. The summed E-state index contributed by atoms with van der Waals surface area (Å²) in [6.45, 7) is 0. The Morgan fingerprint density at radius 1 is 1.15 bits per heavy atom. The van der Waals surface area contributed by atoms with Gasteiger partial charge in [-0.25, -0.2) is 9.97 Å². The Kier molecular flexibility index (Phi) is 3.98. The van der Waals surface area contributed by atoms with Crippen molar-refractivity contribution in [2.45, 2.75) is 0 Å². The quantitative estimate of drug-likeness (QED) is 0.394. The molecule has 0 aliphatic carbocycles. The number of H-pyrrole nitrogens is 1. The number of nitrogens with zero attached hydrogens (tertiary/aromatic N) is 3. The van der Waals surface area contributed by atoms with E-state index in [4.69, 9.17) is 11.6 Å². The predicted molar refractivity (Wildman–Crippen MR) is 101 cm³/mol. The standard InChI is InChI=1S/C18H12ClN5O2/c19-15-10-21-18(22-11-4-3-5-12(8-11)24(25)26)23-17(15)14-9-20-16-7-2-1-6-13(14)16/h1-10,20H,(H,21,22,23). The summed E-state index contributed by atoms with van der Waals surface area (Å²) < 4.78 is 0. The number of halogens is 1. The fourth-order valence-corrected chi connectivity index (χ4v) is 2.90. The van der Waals surface area contributed by atoms with Crippen molar-refractivity contribution in [3.05, 3.63) is 76.1 Å². The zero-order chi connectivity index (χ0) is 18.1. The maximum absolute atomic E-state index is 10.9. The van der Waals surface area contributed by atoms with Gasteiger partial charge in [-0.05, 0) is 12.1 Å². The van der Waals surface area contributed by atoms with Crippen molar-refractivity contribution in [3.63, 3.8) is 0 Å². The second-order valence-corrected chi connectivity index (χ2v) is 5.98.